The average molecular weight is 293 g/mol. The zero-order valence-corrected chi connectivity index (χ0v) is 11.3. The van der Waals surface area contributed by atoms with Crippen molar-refractivity contribution in [3.8, 4) is 0 Å². The van der Waals surface area contributed by atoms with E-state index in [0.29, 0.717) is 12.3 Å². The molecule has 0 aromatic carbocycles. The van der Waals surface area contributed by atoms with Gasteiger partial charge in [-0.2, -0.15) is 0 Å². The van der Waals surface area contributed by atoms with Crippen LogP contribution in [-0.4, -0.2) is 16.1 Å². The minimum atomic E-state index is -1.10. The minimum absolute atomic E-state index is 0.0876. The number of thiophene rings is 1. The van der Waals surface area contributed by atoms with E-state index in [1.54, 1.807) is 0 Å². The number of oxazole rings is 1. The van der Waals surface area contributed by atoms with E-state index in [1.165, 1.54) is 23.9 Å². The van der Waals surface area contributed by atoms with E-state index in [9.17, 15) is 4.79 Å². The Labute approximate surface area is 118 Å². The molecule has 0 aliphatic carbocycles. The van der Waals surface area contributed by atoms with Crippen molar-refractivity contribution in [3.05, 3.63) is 52.3 Å². The molecule has 0 spiro atoms. The summed E-state index contributed by atoms with van der Waals surface area (Å²) >= 11 is 1.50. The third-order valence-corrected chi connectivity index (χ3v) is 4.12. The number of nitrogens with zero attached hydrogens (tertiary/aromatic N) is 1. The normalized spacial score (nSPS) is 15.8. The van der Waals surface area contributed by atoms with Gasteiger partial charge in [0.05, 0.1) is 11.3 Å². The molecule has 0 amide bonds. The van der Waals surface area contributed by atoms with Crippen molar-refractivity contribution in [2.45, 2.75) is 19.1 Å². The van der Waals surface area contributed by atoms with Crippen LogP contribution >= 0.6 is 11.3 Å². The summed E-state index contributed by atoms with van der Waals surface area (Å²) in [5.41, 5.74) is -0.0876. The Morgan fingerprint density at radius 3 is 2.80 bits per heavy atom. The van der Waals surface area contributed by atoms with Gasteiger partial charge in [-0.3, -0.25) is 0 Å². The van der Waals surface area contributed by atoms with Crippen molar-refractivity contribution in [3.63, 3.8) is 0 Å². The molecule has 6 nitrogen and oxygen atoms in total. The van der Waals surface area contributed by atoms with Crippen molar-refractivity contribution in [2.24, 2.45) is 0 Å². The van der Waals surface area contributed by atoms with Gasteiger partial charge in [0.2, 0.25) is 0 Å². The lowest BCUT2D eigenvalue weighted by Gasteiger charge is -2.20. The highest BCUT2D eigenvalue weighted by atomic mass is 32.1. The number of carboxylic acids is 1. The summed E-state index contributed by atoms with van der Waals surface area (Å²) in [6.07, 6.45) is 4.58. The number of aromatic carboxylic acids is 1. The van der Waals surface area contributed by atoms with Crippen molar-refractivity contribution in [1.82, 2.24) is 4.98 Å². The summed E-state index contributed by atoms with van der Waals surface area (Å²) < 4.78 is 16.0. The van der Waals surface area contributed by atoms with Gasteiger partial charge in [-0.25, -0.2) is 9.78 Å². The van der Waals surface area contributed by atoms with Crippen LogP contribution in [0.4, 0.5) is 0 Å². The van der Waals surface area contributed by atoms with E-state index < -0.39 is 11.8 Å². The van der Waals surface area contributed by atoms with Crippen LogP contribution in [0.15, 0.2) is 35.3 Å². The summed E-state index contributed by atoms with van der Waals surface area (Å²) in [7, 11) is 0. The largest absolute Gasteiger partial charge is 0.476 e. The molecule has 7 heteroatoms. The van der Waals surface area contributed by atoms with Crippen LogP contribution in [0.3, 0.4) is 0 Å². The highest BCUT2D eigenvalue weighted by Gasteiger charge is 2.33. The molecule has 3 heterocycles. The Morgan fingerprint density at radius 1 is 1.40 bits per heavy atom. The number of carbonyl (C=O) groups is 1. The first-order chi connectivity index (χ1) is 9.57. The molecule has 1 N–H and O–H groups in total. The van der Waals surface area contributed by atoms with Crippen LogP contribution in [0.25, 0.3) is 0 Å². The fraction of sp³-hybridized carbons (Fsp3) is 0.231. The van der Waals surface area contributed by atoms with Crippen molar-refractivity contribution < 1.29 is 23.8 Å². The molecule has 20 heavy (non-hydrogen) atoms. The molecule has 3 rings (SSSR count). The minimum Gasteiger partial charge on any atom is -0.476 e. The Kier molecular flexibility index (Phi) is 2.98. The Morgan fingerprint density at radius 2 is 2.15 bits per heavy atom. The topological polar surface area (TPSA) is 81.8 Å². The van der Waals surface area contributed by atoms with Crippen molar-refractivity contribution in [1.29, 1.82) is 0 Å². The van der Waals surface area contributed by atoms with Crippen LogP contribution in [0.5, 0.6) is 0 Å². The smallest absolute Gasteiger partial charge is 0.357 e. The monoisotopic (exact) mass is 293 g/mol. The molecule has 0 fully saturated rings. The maximum Gasteiger partial charge on any atom is 0.357 e. The van der Waals surface area contributed by atoms with Gasteiger partial charge in [-0.05, 0) is 12.1 Å². The third kappa shape index (κ3) is 2.27. The molecule has 0 radical (unpaired) electrons. The molecular formula is C13H11NO5S. The SMILES string of the molecule is CC1(c2ccc(Cc3nc(C(=O)O)co3)s2)OC=CO1. The molecular weight excluding hydrogens is 282 g/mol. The quantitative estimate of drug-likeness (QED) is 0.933. The average Bonchev–Trinajstić information content (AvgIpc) is 3.10. The molecule has 0 saturated heterocycles. The predicted molar refractivity (Wildman–Crippen MR) is 69.2 cm³/mol. The van der Waals surface area contributed by atoms with Crippen molar-refractivity contribution >= 4 is 17.3 Å². The first-order valence-corrected chi connectivity index (χ1v) is 6.66. The molecule has 104 valence electrons. The molecule has 0 atom stereocenters. The van der Waals surface area contributed by atoms with Crippen LogP contribution in [0, 0.1) is 0 Å². The Hall–Kier alpha value is -2.28. The molecule has 1 aliphatic rings. The number of hydrogen-bond acceptors (Lipinski definition) is 6. The lowest BCUT2D eigenvalue weighted by Crippen LogP contribution is -2.20. The van der Waals surface area contributed by atoms with Crippen molar-refractivity contribution in [2.75, 3.05) is 0 Å². The van der Waals surface area contributed by atoms with E-state index in [-0.39, 0.29) is 5.69 Å². The molecule has 2 aromatic heterocycles. The highest BCUT2D eigenvalue weighted by Crippen LogP contribution is 2.36. The lowest BCUT2D eigenvalue weighted by atomic mass is 10.2. The first-order valence-electron chi connectivity index (χ1n) is 5.84. The van der Waals surface area contributed by atoms with Crippen LogP contribution in [0.2, 0.25) is 0 Å². The summed E-state index contributed by atoms with van der Waals surface area (Å²) in [6.45, 7) is 1.83. The first kappa shape index (κ1) is 12.7. The van der Waals surface area contributed by atoms with Gasteiger partial charge in [0.15, 0.2) is 11.6 Å². The Balaban J connectivity index is 1.75. The predicted octanol–water partition coefficient (Wildman–Crippen LogP) is 2.72. The van der Waals surface area contributed by atoms with E-state index in [4.69, 9.17) is 19.0 Å². The fourth-order valence-corrected chi connectivity index (χ4v) is 2.85. The number of hydrogen-bond donors (Lipinski definition) is 1. The number of rotatable bonds is 4. The maximum atomic E-state index is 10.7. The summed E-state index contributed by atoms with van der Waals surface area (Å²) in [6, 6.07) is 3.83. The second-order valence-electron chi connectivity index (χ2n) is 4.33. The molecule has 0 unspecified atom stereocenters. The molecule has 0 bridgehead atoms. The molecule has 2 aromatic rings. The van der Waals surface area contributed by atoms with Gasteiger partial charge in [0.1, 0.15) is 18.8 Å². The zero-order chi connectivity index (χ0) is 14.2. The Bertz CT molecular complexity index is 664. The fourth-order valence-electron chi connectivity index (χ4n) is 1.82. The second-order valence-corrected chi connectivity index (χ2v) is 5.50. The van der Waals surface area contributed by atoms with Crippen LogP contribution in [-0.2, 0) is 21.7 Å². The van der Waals surface area contributed by atoms with Gasteiger partial charge in [-0.1, -0.05) is 0 Å². The van der Waals surface area contributed by atoms with Crippen LogP contribution < -0.4 is 0 Å². The van der Waals surface area contributed by atoms with E-state index in [2.05, 4.69) is 4.98 Å². The molecule has 1 aliphatic heterocycles. The van der Waals surface area contributed by atoms with E-state index in [1.807, 2.05) is 19.1 Å². The van der Waals surface area contributed by atoms with Gasteiger partial charge in [0, 0.05) is 11.8 Å². The van der Waals surface area contributed by atoms with Gasteiger partial charge >= 0.3 is 5.97 Å². The van der Waals surface area contributed by atoms with Gasteiger partial charge in [0.25, 0.3) is 5.79 Å². The van der Waals surface area contributed by atoms with Crippen LogP contribution in [0.1, 0.15) is 33.1 Å². The molecule has 0 saturated carbocycles. The summed E-state index contributed by atoms with van der Waals surface area (Å²) in [4.78, 5) is 16.5. The van der Waals surface area contributed by atoms with E-state index in [0.717, 1.165) is 16.0 Å². The van der Waals surface area contributed by atoms with Gasteiger partial charge in [-0.15, -0.1) is 11.3 Å². The third-order valence-electron chi connectivity index (χ3n) is 2.85. The summed E-state index contributed by atoms with van der Waals surface area (Å²) in [5.74, 6) is -1.52. The maximum absolute atomic E-state index is 10.7. The number of ether oxygens (including phenoxy) is 2. The van der Waals surface area contributed by atoms with E-state index >= 15 is 0 Å². The number of aromatic nitrogens is 1. The zero-order valence-electron chi connectivity index (χ0n) is 10.5. The van der Waals surface area contributed by atoms with Gasteiger partial charge < -0.3 is 19.0 Å². The standard InChI is InChI=1S/C13H11NO5S/c1-13(18-4-5-19-13)10-3-2-8(20-10)6-11-14-9(7-17-11)12(15)16/h2-5,7H,6H2,1H3,(H,15,16). The number of carboxylic acid groups (broad SMARTS) is 1. The second kappa shape index (κ2) is 4.68. The highest BCUT2D eigenvalue weighted by molar-refractivity contribution is 7.12. The summed E-state index contributed by atoms with van der Waals surface area (Å²) in [5, 5.41) is 8.79. The lowest BCUT2D eigenvalue weighted by molar-refractivity contribution is -0.130.